The summed E-state index contributed by atoms with van der Waals surface area (Å²) in [6.45, 7) is 3.61. The number of rotatable bonds is 7. The fourth-order valence-corrected chi connectivity index (χ4v) is 2.99. The zero-order chi connectivity index (χ0) is 16.5. The Hall–Kier alpha value is -1.75. The van der Waals surface area contributed by atoms with Crippen LogP contribution in [0.15, 0.2) is 24.3 Å². The Labute approximate surface area is 138 Å². The zero-order valence-electron chi connectivity index (χ0n) is 14.1. The van der Waals surface area contributed by atoms with E-state index in [9.17, 15) is 4.79 Å². The van der Waals surface area contributed by atoms with Crippen LogP contribution in [-0.2, 0) is 9.53 Å². The zero-order valence-corrected chi connectivity index (χ0v) is 14.1. The van der Waals surface area contributed by atoms with Gasteiger partial charge in [0.25, 0.3) is 0 Å². The molecule has 0 bridgehead atoms. The molecular formula is C18H27NO4. The monoisotopic (exact) mass is 321 g/mol. The number of para-hydroxylation sites is 2. The molecule has 1 aliphatic heterocycles. The Morgan fingerprint density at radius 2 is 1.96 bits per heavy atom. The molecule has 23 heavy (non-hydrogen) atoms. The topological polar surface area (TPSA) is 48.0 Å². The van der Waals surface area contributed by atoms with Gasteiger partial charge in [0.05, 0.1) is 14.2 Å². The summed E-state index contributed by atoms with van der Waals surface area (Å²) in [5, 5.41) is 0. The van der Waals surface area contributed by atoms with Crippen LogP contribution < -0.4 is 9.47 Å². The summed E-state index contributed by atoms with van der Waals surface area (Å²) in [6, 6.07) is 7.70. The Morgan fingerprint density at radius 3 is 2.70 bits per heavy atom. The van der Waals surface area contributed by atoms with Crippen molar-refractivity contribution in [2.45, 2.75) is 25.7 Å². The number of likely N-dealkylation sites (tertiary alicyclic amines) is 1. The van der Waals surface area contributed by atoms with Gasteiger partial charge in [0.1, 0.15) is 6.61 Å². The summed E-state index contributed by atoms with van der Waals surface area (Å²) in [5.74, 6) is 1.90. The maximum Gasteiger partial charge on any atom is 0.305 e. The van der Waals surface area contributed by atoms with E-state index in [2.05, 4.69) is 4.90 Å². The summed E-state index contributed by atoms with van der Waals surface area (Å²) in [5.41, 5.74) is 0. The number of carbonyl (C=O) groups is 1. The molecule has 1 aromatic rings. The van der Waals surface area contributed by atoms with Gasteiger partial charge < -0.3 is 14.2 Å². The second kappa shape index (κ2) is 9.40. The largest absolute Gasteiger partial charge is 0.493 e. The van der Waals surface area contributed by atoms with E-state index in [1.807, 2.05) is 24.3 Å². The van der Waals surface area contributed by atoms with E-state index >= 15 is 0 Å². The van der Waals surface area contributed by atoms with Crippen LogP contribution in [0.3, 0.4) is 0 Å². The quantitative estimate of drug-likeness (QED) is 0.723. The third-order valence-electron chi connectivity index (χ3n) is 4.36. The van der Waals surface area contributed by atoms with Crippen LogP contribution in [-0.4, -0.2) is 51.3 Å². The first-order valence-electron chi connectivity index (χ1n) is 8.28. The molecule has 1 unspecified atom stereocenters. The minimum atomic E-state index is -0.0945. The van der Waals surface area contributed by atoms with E-state index in [0.717, 1.165) is 50.4 Å². The van der Waals surface area contributed by atoms with Gasteiger partial charge in [-0.2, -0.15) is 0 Å². The molecule has 0 radical (unpaired) electrons. The van der Waals surface area contributed by atoms with Crippen molar-refractivity contribution in [2.24, 2.45) is 5.92 Å². The third kappa shape index (κ3) is 5.75. The number of hydrogen-bond donors (Lipinski definition) is 0. The highest BCUT2D eigenvalue weighted by atomic mass is 16.5. The maximum atomic E-state index is 11.4. The van der Waals surface area contributed by atoms with Crippen molar-refractivity contribution in [3.05, 3.63) is 24.3 Å². The Kier molecular flexibility index (Phi) is 7.20. The molecule has 1 atom stereocenters. The fourth-order valence-electron chi connectivity index (χ4n) is 2.99. The summed E-state index contributed by atoms with van der Waals surface area (Å²) < 4.78 is 15.9. The van der Waals surface area contributed by atoms with E-state index in [1.54, 1.807) is 7.11 Å². The number of ether oxygens (including phenoxy) is 3. The standard InChI is InChI=1S/C18H27NO4/c1-21-16-7-3-4-8-17(16)23-13-12-19-10-5-6-15(9-11-19)14-18(20)22-2/h3-4,7-8,15H,5-6,9-14H2,1-2H3. The molecule has 1 fully saturated rings. The second-order valence-electron chi connectivity index (χ2n) is 5.92. The van der Waals surface area contributed by atoms with Crippen molar-refractivity contribution in [3.63, 3.8) is 0 Å². The first-order valence-corrected chi connectivity index (χ1v) is 8.28. The predicted octanol–water partition coefficient (Wildman–Crippen LogP) is 2.74. The van der Waals surface area contributed by atoms with Gasteiger partial charge >= 0.3 is 5.97 Å². The SMILES string of the molecule is COC(=O)CC1CCCN(CCOc2ccccc2OC)CC1. The molecular weight excluding hydrogens is 294 g/mol. The van der Waals surface area contributed by atoms with E-state index in [1.165, 1.54) is 7.11 Å². The van der Waals surface area contributed by atoms with Crippen LogP contribution in [0.5, 0.6) is 11.5 Å². The van der Waals surface area contributed by atoms with Crippen molar-refractivity contribution in [3.8, 4) is 11.5 Å². The smallest absolute Gasteiger partial charge is 0.305 e. The van der Waals surface area contributed by atoms with Crippen LogP contribution in [0.1, 0.15) is 25.7 Å². The van der Waals surface area contributed by atoms with Crippen molar-refractivity contribution in [1.82, 2.24) is 4.90 Å². The van der Waals surface area contributed by atoms with Crippen LogP contribution in [0.25, 0.3) is 0 Å². The average molecular weight is 321 g/mol. The molecule has 1 aliphatic rings. The molecule has 1 aromatic carbocycles. The van der Waals surface area contributed by atoms with Crippen LogP contribution in [0.2, 0.25) is 0 Å². The minimum absolute atomic E-state index is 0.0945. The molecule has 1 heterocycles. The number of esters is 1. The van der Waals surface area contributed by atoms with Crippen molar-refractivity contribution in [1.29, 1.82) is 0 Å². The number of methoxy groups -OCH3 is 2. The van der Waals surface area contributed by atoms with E-state index in [0.29, 0.717) is 18.9 Å². The highest BCUT2D eigenvalue weighted by molar-refractivity contribution is 5.69. The van der Waals surface area contributed by atoms with Gasteiger partial charge in [0.2, 0.25) is 0 Å². The molecule has 0 amide bonds. The van der Waals surface area contributed by atoms with Gasteiger partial charge in [-0.05, 0) is 50.4 Å². The van der Waals surface area contributed by atoms with Crippen LogP contribution >= 0.6 is 0 Å². The van der Waals surface area contributed by atoms with Crippen molar-refractivity contribution >= 4 is 5.97 Å². The van der Waals surface area contributed by atoms with Gasteiger partial charge in [-0.25, -0.2) is 0 Å². The Bertz CT molecular complexity index is 492. The van der Waals surface area contributed by atoms with Gasteiger partial charge in [-0.15, -0.1) is 0 Å². The lowest BCUT2D eigenvalue weighted by atomic mass is 9.97. The molecule has 0 spiro atoms. The van der Waals surface area contributed by atoms with Gasteiger partial charge in [0, 0.05) is 13.0 Å². The molecule has 0 N–H and O–H groups in total. The number of benzene rings is 1. The first kappa shape index (κ1) is 17.6. The lowest BCUT2D eigenvalue weighted by molar-refractivity contribution is -0.141. The second-order valence-corrected chi connectivity index (χ2v) is 5.92. The van der Waals surface area contributed by atoms with E-state index in [-0.39, 0.29) is 5.97 Å². The highest BCUT2D eigenvalue weighted by Crippen LogP contribution is 2.26. The molecule has 2 rings (SSSR count). The fraction of sp³-hybridized carbons (Fsp3) is 0.611. The highest BCUT2D eigenvalue weighted by Gasteiger charge is 2.19. The average Bonchev–Trinajstić information content (AvgIpc) is 2.80. The number of hydrogen-bond acceptors (Lipinski definition) is 5. The number of nitrogens with zero attached hydrogens (tertiary/aromatic N) is 1. The lowest BCUT2D eigenvalue weighted by Gasteiger charge is -2.20. The lowest BCUT2D eigenvalue weighted by Crippen LogP contribution is -2.29. The first-order chi connectivity index (χ1) is 11.2. The van der Waals surface area contributed by atoms with E-state index < -0.39 is 0 Å². The molecule has 5 nitrogen and oxygen atoms in total. The number of carbonyl (C=O) groups excluding carboxylic acids is 1. The Balaban J connectivity index is 1.73. The molecule has 0 aromatic heterocycles. The molecule has 1 saturated heterocycles. The minimum Gasteiger partial charge on any atom is -0.493 e. The Morgan fingerprint density at radius 1 is 1.17 bits per heavy atom. The normalized spacial score (nSPS) is 19.0. The third-order valence-corrected chi connectivity index (χ3v) is 4.36. The summed E-state index contributed by atoms with van der Waals surface area (Å²) in [7, 11) is 3.11. The van der Waals surface area contributed by atoms with Crippen molar-refractivity contribution in [2.75, 3.05) is 40.5 Å². The van der Waals surface area contributed by atoms with Gasteiger partial charge in [-0.1, -0.05) is 12.1 Å². The van der Waals surface area contributed by atoms with Crippen LogP contribution in [0.4, 0.5) is 0 Å². The molecule has 128 valence electrons. The maximum absolute atomic E-state index is 11.4. The molecule has 5 heteroatoms. The summed E-state index contributed by atoms with van der Waals surface area (Å²) in [4.78, 5) is 13.8. The molecule has 0 aliphatic carbocycles. The predicted molar refractivity (Wildman–Crippen MR) is 88.9 cm³/mol. The summed E-state index contributed by atoms with van der Waals surface area (Å²) >= 11 is 0. The van der Waals surface area contributed by atoms with Gasteiger partial charge in [-0.3, -0.25) is 9.69 Å². The summed E-state index contributed by atoms with van der Waals surface area (Å²) in [6.07, 6.45) is 3.81. The van der Waals surface area contributed by atoms with Crippen molar-refractivity contribution < 1.29 is 19.0 Å². The van der Waals surface area contributed by atoms with Gasteiger partial charge in [0.15, 0.2) is 11.5 Å². The van der Waals surface area contributed by atoms with Crippen LogP contribution in [0, 0.1) is 5.92 Å². The molecule has 0 saturated carbocycles. The van der Waals surface area contributed by atoms with E-state index in [4.69, 9.17) is 14.2 Å².